The molecule has 8 nitrogen and oxygen atoms in total. The molecule has 2 bridgehead atoms. The van der Waals surface area contributed by atoms with E-state index in [0.717, 1.165) is 0 Å². The number of nitrogens with zero attached hydrogens (tertiary/aromatic N) is 2. The van der Waals surface area contributed by atoms with Crippen LogP contribution in [0.2, 0.25) is 0 Å². The Bertz CT molecular complexity index is 449. The maximum Gasteiger partial charge on any atom is 0.418 e. The molecule has 1 unspecified atom stereocenters. The molecule has 2 heterocycles. The fourth-order valence-electron chi connectivity index (χ4n) is 1.69. The Hall–Kier alpha value is -0.320. The van der Waals surface area contributed by atoms with Gasteiger partial charge >= 0.3 is 16.4 Å². The molecule has 2 aliphatic rings. The van der Waals surface area contributed by atoms with Crippen LogP contribution in [0.3, 0.4) is 0 Å². The Kier molecular flexibility index (Phi) is 4.44. The molecule has 91 valence electrons. The van der Waals surface area contributed by atoms with E-state index in [0.29, 0.717) is 17.4 Å². The Morgan fingerprint density at radius 2 is 2.18 bits per heavy atom. The van der Waals surface area contributed by atoms with Crippen molar-refractivity contribution in [1.82, 2.24) is 9.96 Å². The zero-order valence-corrected chi connectivity index (χ0v) is 12.2. The maximum absolute atomic E-state index is 11.6. The first kappa shape index (κ1) is 14.7. The van der Waals surface area contributed by atoms with Gasteiger partial charge in [0.15, 0.2) is 0 Å². The number of hydrogen-bond donors (Lipinski definition) is 1. The fraction of sp³-hybridized carbons (Fsp3) is 0.571. The van der Waals surface area contributed by atoms with Gasteiger partial charge in [-0.05, 0) is 6.08 Å². The van der Waals surface area contributed by atoms with Gasteiger partial charge in [0.25, 0.3) is 0 Å². The van der Waals surface area contributed by atoms with Crippen LogP contribution in [0, 0.1) is 0 Å². The van der Waals surface area contributed by atoms with Gasteiger partial charge in [0.2, 0.25) is 0 Å². The van der Waals surface area contributed by atoms with Crippen molar-refractivity contribution in [2.75, 3.05) is 20.2 Å². The molecule has 10 heteroatoms. The minimum absolute atomic E-state index is 0. The molecule has 1 N–H and O–H groups in total. The summed E-state index contributed by atoms with van der Waals surface area (Å²) in [5.41, 5.74) is 0. The van der Waals surface area contributed by atoms with Crippen molar-refractivity contribution >= 4 is 46.0 Å². The number of carbonyl (C=O) groups is 1. The third-order valence-corrected chi connectivity index (χ3v) is 2.68. The van der Waals surface area contributed by atoms with Crippen LogP contribution in [0.5, 0.6) is 0 Å². The van der Waals surface area contributed by atoms with Gasteiger partial charge in [0.05, 0.1) is 13.7 Å². The molecule has 1 saturated heterocycles. The fourth-order valence-corrected chi connectivity index (χ4v) is 2.07. The Labute approximate surface area is 120 Å². The summed E-state index contributed by atoms with van der Waals surface area (Å²) in [7, 11) is -3.24. The zero-order chi connectivity index (χ0) is 11.9. The molecule has 2 rings (SSSR count). The van der Waals surface area contributed by atoms with Gasteiger partial charge in [-0.1, -0.05) is 0 Å². The molecule has 0 aromatic rings. The van der Waals surface area contributed by atoms with Gasteiger partial charge in [-0.3, -0.25) is 4.55 Å². The van der Waals surface area contributed by atoms with Crippen LogP contribution in [0.4, 0.5) is 4.79 Å². The molecule has 0 aromatic heterocycles. The Balaban J connectivity index is 0.00000144. The minimum Gasteiger partial charge on any atom is -0.499 e. The predicted molar refractivity (Wildman–Crippen MR) is 56.1 cm³/mol. The molecule has 0 spiro atoms. The number of methoxy groups -OCH3 is 1. The first-order valence-corrected chi connectivity index (χ1v) is 5.77. The first-order chi connectivity index (χ1) is 7.40. The number of amides is 2. The van der Waals surface area contributed by atoms with Crippen molar-refractivity contribution < 1.29 is 26.8 Å². The number of hydrogen-bond acceptors (Lipinski definition) is 5. The van der Waals surface area contributed by atoms with E-state index in [2.05, 4.69) is 4.28 Å². The van der Waals surface area contributed by atoms with E-state index in [9.17, 15) is 13.2 Å². The SMILES string of the molecule is COC1=CC2CN(C1)C(=O)N2OS(=O)(=O)O.[Na]. The van der Waals surface area contributed by atoms with Gasteiger partial charge in [0, 0.05) is 36.1 Å². The van der Waals surface area contributed by atoms with E-state index in [1.807, 2.05) is 0 Å². The van der Waals surface area contributed by atoms with Crippen LogP contribution in [-0.2, 0) is 19.4 Å². The van der Waals surface area contributed by atoms with Crippen LogP contribution in [-0.4, -0.2) is 84.8 Å². The summed E-state index contributed by atoms with van der Waals surface area (Å²) in [5, 5.41) is 0.612. The molecule has 0 saturated carbocycles. The Morgan fingerprint density at radius 1 is 1.53 bits per heavy atom. The van der Waals surface area contributed by atoms with Crippen LogP contribution < -0.4 is 0 Å². The topological polar surface area (TPSA) is 96.4 Å². The summed E-state index contributed by atoms with van der Waals surface area (Å²) in [6.45, 7) is 0.568. The number of carbonyl (C=O) groups excluding carboxylic acids is 1. The van der Waals surface area contributed by atoms with Gasteiger partial charge in [-0.25, -0.2) is 4.79 Å². The first-order valence-electron chi connectivity index (χ1n) is 4.40. The van der Waals surface area contributed by atoms with E-state index in [1.54, 1.807) is 6.08 Å². The standard InChI is InChI=1S/C7H10N2O6S.Na/c1-14-6-2-5-3-8(4-6)7(10)9(5)15-16(11,12)13;/h2,5H,3-4H2,1H3,(H,11,12,13);. The van der Waals surface area contributed by atoms with Crippen molar-refractivity contribution in [3.63, 3.8) is 0 Å². The van der Waals surface area contributed by atoms with Gasteiger partial charge in [0.1, 0.15) is 11.8 Å². The molecule has 0 aromatic carbocycles. The quantitative estimate of drug-likeness (QED) is 0.523. The van der Waals surface area contributed by atoms with Crippen LogP contribution >= 0.6 is 0 Å². The Morgan fingerprint density at radius 3 is 2.71 bits per heavy atom. The normalized spacial score (nSPS) is 23.3. The summed E-state index contributed by atoms with van der Waals surface area (Å²) in [6.07, 6.45) is 1.58. The summed E-state index contributed by atoms with van der Waals surface area (Å²) < 4.78 is 38.8. The van der Waals surface area contributed by atoms with Gasteiger partial charge in [-0.15, -0.1) is 4.28 Å². The number of urea groups is 1. The number of hydroxylamine groups is 2. The number of rotatable bonds is 3. The molecular weight excluding hydrogens is 263 g/mol. The van der Waals surface area contributed by atoms with E-state index < -0.39 is 22.5 Å². The molecule has 17 heavy (non-hydrogen) atoms. The number of fused-ring (bicyclic) bond motifs is 2. The molecule has 1 atom stereocenters. The van der Waals surface area contributed by atoms with E-state index in [-0.39, 0.29) is 36.1 Å². The molecule has 2 amide bonds. The largest absolute Gasteiger partial charge is 0.499 e. The number of ether oxygens (including phenoxy) is 1. The molecule has 1 radical (unpaired) electrons. The monoisotopic (exact) mass is 273 g/mol. The van der Waals surface area contributed by atoms with Crippen molar-refractivity contribution in [1.29, 1.82) is 0 Å². The average molecular weight is 273 g/mol. The van der Waals surface area contributed by atoms with Crippen molar-refractivity contribution in [2.24, 2.45) is 0 Å². The second-order valence-corrected chi connectivity index (χ2v) is 4.40. The summed E-state index contributed by atoms with van der Waals surface area (Å²) in [4.78, 5) is 12.9. The third kappa shape index (κ3) is 3.12. The van der Waals surface area contributed by atoms with Gasteiger partial charge in [-0.2, -0.15) is 13.5 Å². The summed E-state index contributed by atoms with van der Waals surface area (Å²) in [6, 6.07) is -1.19. The second-order valence-electron chi connectivity index (χ2n) is 3.40. The van der Waals surface area contributed by atoms with E-state index in [1.165, 1.54) is 12.0 Å². The van der Waals surface area contributed by atoms with Crippen LogP contribution in [0.25, 0.3) is 0 Å². The molecule has 1 fully saturated rings. The van der Waals surface area contributed by atoms with Crippen molar-refractivity contribution in [3.8, 4) is 0 Å². The van der Waals surface area contributed by atoms with E-state index >= 15 is 0 Å². The molecular formula is C7H10N2NaO6S. The predicted octanol–water partition coefficient (Wildman–Crippen LogP) is -1.01. The van der Waals surface area contributed by atoms with E-state index in [4.69, 9.17) is 9.29 Å². The summed E-state index contributed by atoms with van der Waals surface area (Å²) >= 11 is 0. The van der Waals surface area contributed by atoms with Gasteiger partial charge < -0.3 is 9.64 Å². The zero-order valence-electron chi connectivity index (χ0n) is 9.36. The molecule has 2 aliphatic heterocycles. The summed E-state index contributed by atoms with van der Waals surface area (Å²) in [5.74, 6) is 0.547. The van der Waals surface area contributed by atoms with Crippen molar-refractivity contribution in [2.45, 2.75) is 6.04 Å². The average Bonchev–Trinajstić information content (AvgIpc) is 2.40. The third-order valence-electron chi connectivity index (χ3n) is 2.33. The second kappa shape index (κ2) is 5.12. The molecule has 0 aliphatic carbocycles. The minimum atomic E-state index is -4.69. The van der Waals surface area contributed by atoms with Crippen molar-refractivity contribution in [3.05, 3.63) is 11.8 Å². The maximum atomic E-state index is 11.6. The van der Waals surface area contributed by atoms with Crippen LogP contribution in [0.15, 0.2) is 11.8 Å². The van der Waals surface area contributed by atoms with Crippen LogP contribution in [0.1, 0.15) is 0 Å². The smallest absolute Gasteiger partial charge is 0.418 e.